The first-order valence-electron chi connectivity index (χ1n) is 5.45. The van der Waals surface area contributed by atoms with Crippen LogP contribution in [-0.2, 0) is 6.54 Å². The molecule has 0 aliphatic carbocycles. The van der Waals surface area contributed by atoms with Crippen LogP contribution in [0.5, 0.6) is 0 Å². The fourth-order valence-electron chi connectivity index (χ4n) is 1.63. The molecule has 0 unspecified atom stereocenters. The Morgan fingerprint density at radius 2 is 2.06 bits per heavy atom. The minimum absolute atomic E-state index is 0.169. The average Bonchev–Trinajstić information content (AvgIpc) is 2.41. The van der Waals surface area contributed by atoms with Gasteiger partial charge >= 0.3 is 0 Å². The van der Waals surface area contributed by atoms with Crippen LogP contribution in [0, 0.1) is 11.3 Å². The predicted molar refractivity (Wildman–Crippen MR) is 73.8 cm³/mol. The first kappa shape index (κ1) is 12.5. The summed E-state index contributed by atoms with van der Waals surface area (Å²) < 4.78 is 1.04. The molecule has 2 rings (SSSR count). The topological polar surface area (TPSA) is 60.5 Å². The molecule has 4 nitrogen and oxygen atoms in total. The standard InChI is InChI=1S/C13H11BrN4/c14-13-11(9-17-18-16-8-7-15)6-5-10-3-1-2-4-12(10)13/h1-6H,8-9H2,(H,16,17). The fraction of sp³-hybridized carbons (Fsp3) is 0.154. The van der Waals surface area contributed by atoms with Crippen molar-refractivity contribution < 1.29 is 0 Å². The number of hydrogen-bond acceptors (Lipinski definition) is 3. The summed E-state index contributed by atoms with van der Waals surface area (Å²) >= 11 is 3.59. The lowest BCUT2D eigenvalue weighted by molar-refractivity contribution is 0.724. The van der Waals surface area contributed by atoms with Gasteiger partial charge in [-0.2, -0.15) is 10.4 Å². The molecule has 0 atom stereocenters. The summed E-state index contributed by atoms with van der Waals surface area (Å²) in [6, 6.07) is 14.2. The second-order valence-electron chi connectivity index (χ2n) is 3.65. The Kier molecular flexibility index (Phi) is 4.26. The largest absolute Gasteiger partial charge is 0.278 e. The Hall–Kier alpha value is -1.93. The van der Waals surface area contributed by atoms with Crippen molar-refractivity contribution in [1.29, 1.82) is 5.26 Å². The van der Waals surface area contributed by atoms with Gasteiger partial charge in [0.1, 0.15) is 6.54 Å². The first-order chi connectivity index (χ1) is 8.83. The lowest BCUT2D eigenvalue weighted by Crippen LogP contribution is -2.03. The Morgan fingerprint density at radius 3 is 2.89 bits per heavy atom. The van der Waals surface area contributed by atoms with E-state index in [9.17, 15) is 0 Å². The zero-order valence-corrected chi connectivity index (χ0v) is 11.2. The molecule has 0 aliphatic rings. The lowest BCUT2D eigenvalue weighted by Gasteiger charge is -2.05. The molecule has 0 fully saturated rings. The van der Waals surface area contributed by atoms with Gasteiger partial charge in [0.2, 0.25) is 0 Å². The third kappa shape index (κ3) is 2.84. The summed E-state index contributed by atoms with van der Waals surface area (Å²) in [7, 11) is 0. The number of nitrogens with one attached hydrogen (secondary N) is 1. The van der Waals surface area contributed by atoms with Crippen molar-refractivity contribution in [2.75, 3.05) is 6.54 Å². The molecule has 0 aromatic heterocycles. The molecule has 0 saturated carbocycles. The van der Waals surface area contributed by atoms with Gasteiger partial charge in [-0.25, -0.2) is 0 Å². The maximum absolute atomic E-state index is 8.32. The van der Waals surface area contributed by atoms with Crippen LogP contribution in [-0.4, -0.2) is 6.54 Å². The molecule has 2 aromatic rings. The molecule has 0 amide bonds. The van der Waals surface area contributed by atoms with Crippen LogP contribution in [0.1, 0.15) is 5.56 Å². The highest BCUT2D eigenvalue weighted by molar-refractivity contribution is 9.10. The van der Waals surface area contributed by atoms with Gasteiger partial charge in [0.05, 0.1) is 12.6 Å². The monoisotopic (exact) mass is 302 g/mol. The number of benzene rings is 2. The van der Waals surface area contributed by atoms with Crippen LogP contribution < -0.4 is 5.43 Å². The van der Waals surface area contributed by atoms with Crippen molar-refractivity contribution in [3.63, 3.8) is 0 Å². The molecule has 2 aromatic carbocycles. The van der Waals surface area contributed by atoms with E-state index < -0.39 is 0 Å². The minimum Gasteiger partial charge on any atom is -0.278 e. The lowest BCUT2D eigenvalue weighted by atomic mass is 10.1. The molecular formula is C13H11BrN4. The highest BCUT2D eigenvalue weighted by atomic mass is 79.9. The molecule has 0 bridgehead atoms. The van der Waals surface area contributed by atoms with E-state index >= 15 is 0 Å². The Labute approximate surface area is 113 Å². The van der Waals surface area contributed by atoms with Crippen molar-refractivity contribution in [2.45, 2.75) is 6.54 Å². The summed E-state index contributed by atoms with van der Waals surface area (Å²) in [6.07, 6.45) is 0. The smallest absolute Gasteiger partial charge is 0.121 e. The Balaban J connectivity index is 2.17. The van der Waals surface area contributed by atoms with Gasteiger partial charge < -0.3 is 0 Å². The van der Waals surface area contributed by atoms with Crippen LogP contribution in [0.2, 0.25) is 0 Å². The number of nitrogens with zero attached hydrogens (tertiary/aromatic N) is 3. The maximum atomic E-state index is 8.32. The van der Waals surface area contributed by atoms with E-state index in [2.05, 4.69) is 49.9 Å². The summed E-state index contributed by atoms with van der Waals surface area (Å²) in [5.41, 5.74) is 3.61. The Morgan fingerprint density at radius 1 is 1.22 bits per heavy atom. The molecular weight excluding hydrogens is 292 g/mol. The highest BCUT2D eigenvalue weighted by Gasteiger charge is 2.03. The van der Waals surface area contributed by atoms with Gasteiger partial charge in [-0.15, -0.1) is 0 Å². The van der Waals surface area contributed by atoms with E-state index in [1.165, 1.54) is 5.39 Å². The van der Waals surface area contributed by atoms with Crippen LogP contribution in [0.4, 0.5) is 0 Å². The second kappa shape index (κ2) is 6.12. The molecule has 1 N–H and O–H groups in total. The molecule has 0 heterocycles. The average molecular weight is 303 g/mol. The molecule has 0 spiro atoms. The molecule has 0 aliphatic heterocycles. The van der Waals surface area contributed by atoms with Gasteiger partial charge in [0.25, 0.3) is 0 Å². The Bertz CT molecular complexity index is 616. The van der Waals surface area contributed by atoms with Crippen LogP contribution in [0.25, 0.3) is 10.8 Å². The minimum atomic E-state index is 0.169. The van der Waals surface area contributed by atoms with E-state index in [1.807, 2.05) is 24.3 Å². The summed E-state index contributed by atoms with van der Waals surface area (Å²) in [6.45, 7) is 0.645. The molecule has 0 radical (unpaired) electrons. The summed E-state index contributed by atoms with van der Waals surface area (Å²) in [5.74, 6) is 0. The number of nitriles is 1. The number of fused-ring (bicyclic) bond motifs is 1. The van der Waals surface area contributed by atoms with Crippen LogP contribution in [0.3, 0.4) is 0 Å². The highest BCUT2D eigenvalue weighted by Crippen LogP contribution is 2.28. The van der Waals surface area contributed by atoms with Crippen molar-refractivity contribution in [3.05, 3.63) is 46.4 Å². The van der Waals surface area contributed by atoms with E-state index in [-0.39, 0.29) is 6.54 Å². The van der Waals surface area contributed by atoms with Gasteiger partial charge in [-0.3, -0.25) is 5.43 Å². The molecule has 90 valence electrons. The van der Waals surface area contributed by atoms with Crippen molar-refractivity contribution in [3.8, 4) is 6.07 Å². The summed E-state index contributed by atoms with van der Waals surface area (Å²) in [4.78, 5) is 0. The maximum Gasteiger partial charge on any atom is 0.121 e. The van der Waals surface area contributed by atoms with E-state index in [0.29, 0.717) is 6.54 Å². The van der Waals surface area contributed by atoms with Crippen LogP contribution in [0.15, 0.2) is 51.2 Å². The number of rotatable bonds is 4. The zero-order chi connectivity index (χ0) is 12.8. The van der Waals surface area contributed by atoms with Crippen molar-refractivity contribution in [2.24, 2.45) is 10.3 Å². The molecule has 18 heavy (non-hydrogen) atoms. The van der Waals surface area contributed by atoms with Gasteiger partial charge in [0.15, 0.2) is 0 Å². The first-order valence-corrected chi connectivity index (χ1v) is 6.24. The third-order valence-corrected chi connectivity index (χ3v) is 3.42. The van der Waals surface area contributed by atoms with E-state index in [1.54, 1.807) is 0 Å². The normalized spacial score (nSPS) is 10.7. The predicted octanol–water partition coefficient (Wildman–Crippen LogP) is 3.58. The van der Waals surface area contributed by atoms with Crippen molar-refractivity contribution in [1.82, 2.24) is 5.43 Å². The molecule has 5 heteroatoms. The number of hydrogen-bond donors (Lipinski definition) is 1. The van der Waals surface area contributed by atoms with E-state index in [0.717, 1.165) is 15.4 Å². The van der Waals surface area contributed by atoms with Gasteiger partial charge in [0, 0.05) is 4.47 Å². The zero-order valence-electron chi connectivity index (χ0n) is 9.60. The third-order valence-electron chi connectivity index (χ3n) is 2.48. The van der Waals surface area contributed by atoms with E-state index in [4.69, 9.17) is 5.26 Å². The van der Waals surface area contributed by atoms with Gasteiger partial charge in [-0.1, -0.05) is 41.6 Å². The quantitative estimate of drug-likeness (QED) is 0.406. The van der Waals surface area contributed by atoms with Crippen LogP contribution >= 0.6 is 15.9 Å². The summed E-state index contributed by atoms with van der Waals surface area (Å²) in [5, 5.41) is 18.4. The molecule has 0 saturated heterocycles. The van der Waals surface area contributed by atoms with Crippen molar-refractivity contribution >= 4 is 26.7 Å². The van der Waals surface area contributed by atoms with Gasteiger partial charge in [-0.05, 0) is 32.3 Å². The SMILES string of the molecule is N#CCNN=NCc1ccc2ccccc2c1Br. The number of halogens is 1. The second-order valence-corrected chi connectivity index (χ2v) is 4.45. The fourth-order valence-corrected chi connectivity index (χ4v) is 2.25.